The van der Waals surface area contributed by atoms with E-state index < -0.39 is 5.54 Å². The summed E-state index contributed by atoms with van der Waals surface area (Å²) in [4.78, 5) is 27.0. The molecule has 0 radical (unpaired) electrons. The number of nitrogens with zero attached hydrogens (tertiary/aromatic N) is 1. The summed E-state index contributed by atoms with van der Waals surface area (Å²) in [5, 5.41) is 2.85. The van der Waals surface area contributed by atoms with Crippen LogP contribution < -0.4 is 5.32 Å². The molecule has 2 rings (SSSR count). The molecule has 3 unspecified atom stereocenters. The summed E-state index contributed by atoms with van der Waals surface area (Å²) >= 11 is 0. The van der Waals surface area contributed by atoms with Crippen LogP contribution in [0.1, 0.15) is 47.0 Å². The Bertz CT molecular complexity index is 406. The van der Waals surface area contributed by atoms with Gasteiger partial charge in [0.15, 0.2) is 0 Å². The molecule has 2 amide bonds. The molecule has 0 spiro atoms. The second-order valence-electron chi connectivity index (χ2n) is 6.84. The first-order valence-corrected chi connectivity index (χ1v) is 7.45. The van der Waals surface area contributed by atoms with Gasteiger partial charge in [-0.25, -0.2) is 0 Å². The first kappa shape index (κ1) is 15.3. The summed E-state index contributed by atoms with van der Waals surface area (Å²) in [6.07, 6.45) is 2.90. The third-order valence-corrected chi connectivity index (χ3v) is 4.49. The third-order valence-electron chi connectivity index (χ3n) is 4.49. The fourth-order valence-electron chi connectivity index (χ4n) is 3.41. The number of piperazine rings is 1. The molecule has 0 aromatic rings. The Kier molecular flexibility index (Phi) is 4.09. The van der Waals surface area contributed by atoms with Gasteiger partial charge in [0.05, 0.1) is 6.10 Å². The molecule has 1 saturated carbocycles. The number of nitrogens with one attached hydrogen (secondary N) is 1. The lowest BCUT2D eigenvalue weighted by atomic mass is 9.89. The van der Waals surface area contributed by atoms with E-state index in [1.54, 1.807) is 21.0 Å². The Morgan fingerprint density at radius 1 is 1.30 bits per heavy atom. The fourth-order valence-corrected chi connectivity index (χ4v) is 3.41. The Labute approximate surface area is 121 Å². The Balaban J connectivity index is 2.28. The molecule has 0 aromatic carbocycles. The first-order chi connectivity index (χ1) is 9.27. The molecule has 1 N–H and O–H groups in total. The highest BCUT2D eigenvalue weighted by atomic mass is 16.5. The summed E-state index contributed by atoms with van der Waals surface area (Å²) < 4.78 is 5.40. The molecule has 0 bridgehead atoms. The zero-order chi connectivity index (χ0) is 15.1. The SMILES string of the molecule is COC1CCC(N2C(=O)C(C)(C)NC(=O)C2C(C)C)C1. The molecule has 1 saturated heterocycles. The standard InChI is InChI=1S/C15H26N2O3/c1-9(2)12-13(18)16-15(3,4)14(19)17(12)10-6-7-11(8-10)20-5/h9-12H,6-8H2,1-5H3,(H,16,18). The summed E-state index contributed by atoms with van der Waals surface area (Å²) in [5.41, 5.74) is -0.812. The van der Waals surface area contributed by atoms with Gasteiger partial charge in [-0.2, -0.15) is 0 Å². The van der Waals surface area contributed by atoms with Gasteiger partial charge in [-0.05, 0) is 39.0 Å². The monoisotopic (exact) mass is 282 g/mol. The summed E-state index contributed by atoms with van der Waals surface area (Å²) in [6, 6.07) is -0.249. The van der Waals surface area contributed by atoms with Crippen molar-refractivity contribution in [2.45, 2.75) is 70.7 Å². The highest BCUT2D eigenvalue weighted by molar-refractivity contribution is 5.99. The molecule has 2 fully saturated rings. The number of ether oxygens (including phenoxy) is 1. The zero-order valence-corrected chi connectivity index (χ0v) is 13.1. The van der Waals surface area contributed by atoms with Crippen molar-refractivity contribution in [3.8, 4) is 0 Å². The van der Waals surface area contributed by atoms with Crippen molar-refractivity contribution >= 4 is 11.8 Å². The second kappa shape index (κ2) is 5.35. The van der Waals surface area contributed by atoms with Crippen LogP contribution in [0, 0.1) is 5.92 Å². The minimum absolute atomic E-state index is 0.0255. The van der Waals surface area contributed by atoms with Crippen molar-refractivity contribution in [3.63, 3.8) is 0 Å². The van der Waals surface area contributed by atoms with Crippen molar-refractivity contribution in [1.82, 2.24) is 10.2 Å². The topological polar surface area (TPSA) is 58.6 Å². The van der Waals surface area contributed by atoms with Gasteiger partial charge in [-0.3, -0.25) is 9.59 Å². The van der Waals surface area contributed by atoms with Crippen LogP contribution in [0.4, 0.5) is 0 Å². The van der Waals surface area contributed by atoms with Crippen LogP contribution in [-0.4, -0.2) is 47.6 Å². The van der Waals surface area contributed by atoms with E-state index in [-0.39, 0.29) is 35.9 Å². The van der Waals surface area contributed by atoms with E-state index in [0.717, 1.165) is 19.3 Å². The van der Waals surface area contributed by atoms with Crippen molar-refractivity contribution in [2.75, 3.05) is 7.11 Å². The average molecular weight is 282 g/mol. The molecule has 1 heterocycles. The Morgan fingerprint density at radius 3 is 2.45 bits per heavy atom. The average Bonchev–Trinajstić information content (AvgIpc) is 2.80. The number of rotatable bonds is 3. The minimum atomic E-state index is -0.812. The highest BCUT2D eigenvalue weighted by Crippen LogP contribution is 2.33. The fraction of sp³-hybridized carbons (Fsp3) is 0.867. The van der Waals surface area contributed by atoms with Crippen molar-refractivity contribution in [2.24, 2.45) is 5.92 Å². The molecule has 5 heteroatoms. The number of carbonyl (C=O) groups excluding carboxylic acids is 2. The number of carbonyl (C=O) groups is 2. The maximum Gasteiger partial charge on any atom is 0.248 e. The molecule has 5 nitrogen and oxygen atoms in total. The number of methoxy groups -OCH3 is 1. The summed E-state index contributed by atoms with van der Waals surface area (Å²) in [5.74, 6) is 0.0969. The quantitative estimate of drug-likeness (QED) is 0.849. The third kappa shape index (κ3) is 2.55. The molecule has 20 heavy (non-hydrogen) atoms. The normalized spacial score (nSPS) is 33.7. The second-order valence-corrected chi connectivity index (χ2v) is 6.84. The van der Waals surface area contributed by atoms with E-state index in [1.807, 2.05) is 18.7 Å². The zero-order valence-electron chi connectivity index (χ0n) is 13.1. The van der Waals surface area contributed by atoms with Crippen molar-refractivity contribution in [3.05, 3.63) is 0 Å². The van der Waals surface area contributed by atoms with Crippen LogP contribution >= 0.6 is 0 Å². The number of amides is 2. The summed E-state index contributed by atoms with van der Waals surface area (Å²) in [7, 11) is 1.71. The van der Waals surface area contributed by atoms with Gasteiger partial charge in [-0.1, -0.05) is 13.8 Å². The maximum atomic E-state index is 12.8. The van der Waals surface area contributed by atoms with Crippen LogP contribution in [0.3, 0.4) is 0 Å². The smallest absolute Gasteiger partial charge is 0.248 e. The van der Waals surface area contributed by atoms with E-state index in [4.69, 9.17) is 4.74 Å². The molecule has 1 aliphatic carbocycles. The van der Waals surface area contributed by atoms with Crippen LogP contribution in [0.5, 0.6) is 0 Å². The van der Waals surface area contributed by atoms with E-state index >= 15 is 0 Å². The van der Waals surface area contributed by atoms with Gasteiger partial charge in [0.25, 0.3) is 0 Å². The largest absolute Gasteiger partial charge is 0.381 e. The van der Waals surface area contributed by atoms with Gasteiger partial charge >= 0.3 is 0 Å². The van der Waals surface area contributed by atoms with Crippen LogP contribution in [0.2, 0.25) is 0 Å². The first-order valence-electron chi connectivity index (χ1n) is 7.45. The van der Waals surface area contributed by atoms with Crippen LogP contribution in [0.15, 0.2) is 0 Å². The molecule has 114 valence electrons. The highest BCUT2D eigenvalue weighted by Gasteiger charge is 2.49. The molecule has 1 aliphatic heterocycles. The van der Waals surface area contributed by atoms with Gasteiger partial charge < -0.3 is 15.0 Å². The van der Waals surface area contributed by atoms with Gasteiger partial charge in [0.1, 0.15) is 11.6 Å². The molecule has 2 aliphatic rings. The predicted molar refractivity (Wildman–Crippen MR) is 76.1 cm³/mol. The molecule has 3 atom stereocenters. The van der Waals surface area contributed by atoms with Gasteiger partial charge in [0, 0.05) is 13.2 Å². The maximum absolute atomic E-state index is 12.8. The van der Waals surface area contributed by atoms with Crippen LogP contribution in [-0.2, 0) is 14.3 Å². The number of hydrogen-bond acceptors (Lipinski definition) is 3. The minimum Gasteiger partial charge on any atom is -0.381 e. The Morgan fingerprint density at radius 2 is 1.95 bits per heavy atom. The van der Waals surface area contributed by atoms with E-state index in [1.165, 1.54) is 0 Å². The summed E-state index contributed by atoms with van der Waals surface area (Å²) in [6.45, 7) is 7.54. The van der Waals surface area contributed by atoms with Crippen LogP contribution in [0.25, 0.3) is 0 Å². The van der Waals surface area contributed by atoms with E-state index in [9.17, 15) is 9.59 Å². The number of hydrogen-bond donors (Lipinski definition) is 1. The van der Waals surface area contributed by atoms with E-state index in [0.29, 0.717) is 0 Å². The van der Waals surface area contributed by atoms with Gasteiger partial charge in [-0.15, -0.1) is 0 Å². The van der Waals surface area contributed by atoms with Crippen molar-refractivity contribution < 1.29 is 14.3 Å². The molecular weight excluding hydrogens is 256 g/mol. The lowest BCUT2D eigenvalue weighted by Gasteiger charge is -2.47. The van der Waals surface area contributed by atoms with Crippen molar-refractivity contribution in [1.29, 1.82) is 0 Å². The van der Waals surface area contributed by atoms with Gasteiger partial charge in [0.2, 0.25) is 11.8 Å². The molecular formula is C15H26N2O3. The lowest BCUT2D eigenvalue weighted by molar-refractivity contribution is -0.158. The van der Waals surface area contributed by atoms with E-state index in [2.05, 4.69) is 5.32 Å². The molecule has 0 aromatic heterocycles. The lowest BCUT2D eigenvalue weighted by Crippen LogP contribution is -2.70. The Hall–Kier alpha value is -1.10. The predicted octanol–water partition coefficient (Wildman–Crippen LogP) is 1.32.